The van der Waals surface area contributed by atoms with E-state index in [0.29, 0.717) is 0 Å². The van der Waals surface area contributed by atoms with Crippen LogP contribution in [0, 0.1) is 5.92 Å². The summed E-state index contributed by atoms with van der Waals surface area (Å²) >= 11 is 0. The first-order valence-electron chi connectivity index (χ1n) is 4.11. The summed E-state index contributed by atoms with van der Waals surface area (Å²) in [6.07, 6.45) is 4.64. The number of hydrogen-bond donors (Lipinski definition) is 0. The van der Waals surface area contributed by atoms with Crippen molar-refractivity contribution in [3.8, 4) is 0 Å². The van der Waals surface area contributed by atoms with E-state index < -0.39 is 0 Å². The quantitative estimate of drug-likeness (QED) is 0.535. The first kappa shape index (κ1) is 7.80. The van der Waals surface area contributed by atoms with Gasteiger partial charge in [-0.3, -0.25) is 0 Å². The Labute approximate surface area is 63.1 Å². The minimum Gasteiger partial charge on any atom is -0.377 e. The Morgan fingerprint density at radius 3 is 3.00 bits per heavy atom. The van der Waals surface area contributed by atoms with Crippen molar-refractivity contribution in [1.29, 1.82) is 0 Å². The predicted molar refractivity (Wildman–Crippen MR) is 43.0 cm³/mol. The molecule has 0 spiro atoms. The van der Waals surface area contributed by atoms with Crippen molar-refractivity contribution in [2.45, 2.75) is 26.7 Å². The molecule has 1 nitrogen and oxygen atoms in total. The fraction of sp³-hybridized carbons (Fsp3) is 0.778. The Kier molecular flexibility index (Phi) is 2.94. The van der Waals surface area contributed by atoms with Crippen molar-refractivity contribution < 1.29 is 4.74 Å². The third-order valence-corrected chi connectivity index (χ3v) is 2.24. The molecular weight excluding hydrogens is 124 g/mol. The minimum absolute atomic E-state index is 0.767. The van der Waals surface area contributed by atoms with Crippen molar-refractivity contribution in [2.75, 3.05) is 13.2 Å². The van der Waals surface area contributed by atoms with Crippen molar-refractivity contribution in [3.63, 3.8) is 0 Å². The van der Waals surface area contributed by atoms with Gasteiger partial charge in [0.05, 0.1) is 13.2 Å². The molecule has 0 fully saturated rings. The molecule has 0 aliphatic carbocycles. The van der Waals surface area contributed by atoms with E-state index in [1.807, 2.05) is 0 Å². The molecule has 0 radical (unpaired) electrons. The maximum atomic E-state index is 5.22. The molecule has 0 aromatic rings. The van der Waals surface area contributed by atoms with Gasteiger partial charge in [0.15, 0.2) is 0 Å². The van der Waals surface area contributed by atoms with E-state index in [0.717, 1.165) is 25.6 Å². The van der Waals surface area contributed by atoms with Crippen molar-refractivity contribution in [1.82, 2.24) is 0 Å². The van der Waals surface area contributed by atoms with Crippen LogP contribution in [0.1, 0.15) is 26.7 Å². The van der Waals surface area contributed by atoms with Gasteiger partial charge in [0.25, 0.3) is 0 Å². The van der Waals surface area contributed by atoms with Gasteiger partial charge < -0.3 is 4.74 Å². The lowest BCUT2D eigenvalue weighted by Gasteiger charge is -2.18. The topological polar surface area (TPSA) is 9.23 Å². The first-order valence-corrected chi connectivity index (χ1v) is 4.11. The highest BCUT2D eigenvalue weighted by Gasteiger charge is 2.08. The zero-order chi connectivity index (χ0) is 7.40. The molecule has 0 bridgehead atoms. The van der Waals surface area contributed by atoms with Gasteiger partial charge in [0.2, 0.25) is 0 Å². The molecular formula is C9H16O. The van der Waals surface area contributed by atoms with Crippen LogP contribution in [-0.4, -0.2) is 13.2 Å². The van der Waals surface area contributed by atoms with Gasteiger partial charge in [-0.25, -0.2) is 0 Å². The molecule has 1 heterocycles. The summed E-state index contributed by atoms with van der Waals surface area (Å²) in [5, 5.41) is 0. The zero-order valence-corrected chi connectivity index (χ0v) is 6.89. The van der Waals surface area contributed by atoms with E-state index in [-0.39, 0.29) is 0 Å². The van der Waals surface area contributed by atoms with Crippen LogP contribution >= 0.6 is 0 Å². The Morgan fingerprint density at radius 2 is 2.50 bits per heavy atom. The molecule has 1 aliphatic rings. The first-order chi connectivity index (χ1) is 4.84. The van der Waals surface area contributed by atoms with Gasteiger partial charge in [0, 0.05) is 0 Å². The molecule has 0 amide bonds. The summed E-state index contributed by atoms with van der Waals surface area (Å²) in [5.41, 5.74) is 1.59. The Morgan fingerprint density at radius 1 is 1.70 bits per heavy atom. The largest absolute Gasteiger partial charge is 0.377 e. The molecule has 0 saturated heterocycles. The van der Waals surface area contributed by atoms with E-state index >= 15 is 0 Å². The maximum absolute atomic E-state index is 5.22. The van der Waals surface area contributed by atoms with Crippen molar-refractivity contribution >= 4 is 0 Å². The van der Waals surface area contributed by atoms with Gasteiger partial charge in [-0.2, -0.15) is 0 Å². The lowest BCUT2D eigenvalue weighted by atomic mass is 9.95. The fourth-order valence-corrected chi connectivity index (χ4v) is 1.25. The van der Waals surface area contributed by atoms with E-state index in [2.05, 4.69) is 19.9 Å². The second-order valence-electron chi connectivity index (χ2n) is 2.91. The van der Waals surface area contributed by atoms with Crippen LogP contribution in [0.15, 0.2) is 11.6 Å². The van der Waals surface area contributed by atoms with Gasteiger partial charge >= 0.3 is 0 Å². The molecule has 0 N–H and O–H groups in total. The lowest BCUT2D eigenvalue weighted by Crippen LogP contribution is -2.09. The normalized spacial score (nSPS) is 22.0. The Hall–Kier alpha value is -0.300. The van der Waals surface area contributed by atoms with Crippen molar-refractivity contribution in [2.24, 2.45) is 5.92 Å². The maximum Gasteiger partial charge on any atom is 0.0650 e. The molecule has 0 aromatic carbocycles. The minimum atomic E-state index is 0.767. The average Bonchev–Trinajstić information content (AvgIpc) is 2.05. The number of rotatable bonds is 2. The molecule has 10 heavy (non-hydrogen) atoms. The smallest absolute Gasteiger partial charge is 0.0650 e. The highest BCUT2D eigenvalue weighted by Crippen LogP contribution is 2.19. The SMILES string of the molecule is CCC(C)C1=CCOCC1. The van der Waals surface area contributed by atoms with Gasteiger partial charge in [-0.15, -0.1) is 0 Å². The van der Waals surface area contributed by atoms with Crippen LogP contribution in [0.25, 0.3) is 0 Å². The van der Waals surface area contributed by atoms with Crippen LogP contribution in [0.5, 0.6) is 0 Å². The Balaban J connectivity index is 2.44. The third kappa shape index (κ3) is 1.84. The third-order valence-electron chi connectivity index (χ3n) is 2.24. The molecule has 58 valence electrons. The highest BCUT2D eigenvalue weighted by atomic mass is 16.5. The summed E-state index contributed by atoms with van der Waals surface area (Å²) in [5.74, 6) is 0.767. The Bertz CT molecular complexity index is 127. The van der Waals surface area contributed by atoms with Crippen LogP contribution in [0.4, 0.5) is 0 Å². The van der Waals surface area contributed by atoms with E-state index in [4.69, 9.17) is 4.74 Å². The molecule has 1 atom stereocenters. The number of hydrogen-bond acceptors (Lipinski definition) is 1. The molecule has 0 aromatic heterocycles. The van der Waals surface area contributed by atoms with Crippen LogP contribution in [0.2, 0.25) is 0 Å². The molecule has 1 aliphatic heterocycles. The summed E-state index contributed by atoms with van der Waals surface area (Å²) in [6.45, 7) is 6.29. The van der Waals surface area contributed by atoms with E-state index in [9.17, 15) is 0 Å². The summed E-state index contributed by atoms with van der Waals surface area (Å²) < 4.78 is 5.22. The van der Waals surface area contributed by atoms with Gasteiger partial charge in [0.1, 0.15) is 0 Å². The average molecular weight is 140 g/mol. The summed E-state index contributed by atoms with van der Waals surface area (Å²) in [4.78, 5) is 0. The zero-order valence-electron chi connectivity index (χ0n) is 6.89. The van der Waals surface area contributed by atoms with Gasteiger partial charge in [-0.05, 0) is 18.8 Å². The standard InChI is InChI=1S/C9H16O/c1-3-8(2)9-4-6-10-7-5-9/h4,8H,3,5-7H2,1-2H3. The van der Waals surface area contributed by atoms with Crippen molar-refractivity contribution in [3.05, 3.63) is 11.6 Å². The lowest BCUT2D eigenvalue weighted by molar-refractivity contribution is 0.151. The van der Waals surface area contributed by atoms with Crippen LogP contribution in [-0.2, 0) is 4.74 Å². The van der Waals surface area contributed by atoms with Crippen LogP contribution < -0.4 is 0 Å². The molecule has 1 heteroatoms. The molecule has 1 rings (SSSR count). The summed E-state index contributed by atoms with van der Waals surface area (Å²) in [7, 11) is 0. The molecule has 0 saturated carbocycles. The fourth-order valence-electron chi connectivity index (χ4n) is 1.25. The van der Waals surface area contributed by atoms with E-state index in [1.165, 1.54) is 6.42 Å². The molecule has 1 unspecified atom stereocenters. The van der Waals surface area contributed by atoms with Crippen LogP contribution in [0.3, 0.4) is 0 Å². The van der Waals surface area contributed by atoms with E-state index in [1.54, 1.807) is 5.57 Å². The monoisotopic (exact) mass is 140 g/mol. The highest BCUT2D eigenvalue weighted by molar-refractivity contribution is 5.07. The number of ether oxygens (including phenoxy) is 1. The second kappa shape index (κ2) is 3.77. The summed E-state index contributed by atoms with van der Waals surface area (Å²) in [6, 6.07) is 0. The predicted octanol–water partition coefficient (Wildman–Crippen LogP) is 2.38. The second-order valence-corrected chi connectivity index (χ2v) is 2.91. The van der Waals surface area contributed by atoms with Gasteiger partial charge in [-0.1, -0.05) is 25.5 Å².